The molecule has 2 amide bonds. The quantitative estimate of drug-likeness (QED) is 0.475. The molecular weight excluding hydrogens is 328 g/mol. The van der Waals surface area contributed by atoms with Gasteiger partial charge in [-0.2, -0.15) is 0 Å². The van der Waals surface area contributed by atoms with Gasteiger partial charge in [-0.05, 0) is 30.5 Å². The number of carbonyl (C=O) groups is 1. The average Bonchev–Trinajstić information content (AvgIpc) is 2.62. The van der Waals surface area contributed by atoms with E-state index in [2.05, 4.69) is 10.3 Å². The summed E-state index contributed by atoms with van der Waals surface area (Å²) in [5, 5.41) is 2.60. The van der Waals surface area contributed by atoms with Gasteiger partial charge in [0, 0.05) is 7.05 Å². The third-order valence-electron chi connectivity index (χ3n) is 3.94. The summed E-state index contributed by atoms with van der Waals surface area (Å²) >= 11 is 0. The number of para-hydroxylation sites is 1. The van der Waals surface area contributed by atoms with Gasteiger partial charge in [0.05, 0.1) is 25.4 Å². The van der Waals surface area contributed by atoms with Crippen molar-refractivity contribution in [1.82, 2.24) is 5.32 Å². The molecule has 26 heavy (non-hydrogen) atoms. The SMILES string of the molecule is Cc1cccc(C)c1N(C)C(=O)NC(N)=NCCOCc1ccccc1. The zero-order valence-corrected chi connectivity index (χ0v) is 15.5. The number of rotatable bonds is 6. The van der Waals surface area contributed by atoms with Gasteiger partial charge in [0.1, 0.15) is 0 Å². The van der Waals surface area contributed by atoms with Crippen molar-refractivity contribution in [2.24, 2.45) is 10.7 Å². The fourth-order valence-corrected chi connectivity index (χ4v) is 2.66. The summed E-state index contributed by atoms with van der Waals surface area (Å²) in [4.78, 5) is 18.0. The van der Waals surface area contributed by atoms with Crippen molar-refractivity contribution in [3.8, 4) is 0 Å². The van der Waals surface area contributed by atoms with Gasteiger partial charge in [0.2, 0.25) is 0 Å². The molecule has 2 aromatic rings. The molecule has 6 heteroatoms. The summed E-state index contributed by atoms with van der Waals surface area (Å²) in [7, 11) is 1.71. The minimum absolute atomic E-state index is 0.0800. The number of nitrogens with zero attached hydrogens (tertiary/aromatic N) is 2. The van der Waals surface area contributed by atoms with Crippen LogP contribution in [-0.2, 0) is 11.3 Å². The van der Waals surface area contributed by atoms with Crippen LogP contribution < -0.4 is 16.0 Å². The van der Waals surface area contributed by atoms with Crippen molar-refractivity contribution in [2.45, 2.75) is 20.5 Å². The molecule has 0 radical (unpaired) electrons. The molecule has 0 aromatic heterocycles. The van der Waals surface area contributed by atoms with Crippen LogP contribution in [0.5, 0.6) is 0 Å². The van der Waals surface area contributed by atoms with Gasteiger partial charge in [-0.1, -0.05) is 48.5 Å². The highest BCUT2D eigenvalue weighted by atomic mass is 16.5. The molecule has 6 nitrogen and oxygen atoms in total. The van der Waals surface area contributed by atoms with E-state index in [1.165, 1.54) is 0 Å². The van der Waals surface area contributed by atoms with Gasteiger partial charge in [-0.15, -0.1) is 0 Å². The molecule has 0 bridgehead atoms. The Labute approximate surface area is 154 Å². The van der Waals surface area contributed by atoms with Crippen LogP contribution in [0.15, 0.2) is 53.5 Å². The van der Waals surface area contributed by atoms with Gasteiger partial charge < -0.3 is 10.5 Å². The van der Waals surface area contributed by atoms with Crippen molar-refractivity contribution in [3.05, 3.63) is 65.2 Å². The molecule has 2 aromatic carbocycles. The molecule has 0 heterocycles. The Morgan fingerprint density at radius 3 is 2.42 bits per heavy atom. The van der Waals surface area contributed by atoms with E-state index in [1.54, 1.807) is 11.9 Å². The summed E-state index contributed by atoms with van der Waals surface area (Å²) in [6, 6.07) is 15.5. The lowest BCUT2D eigenvalue weighted by Gasteiger charge is -2.22. The second-order valence-corrected chi connectivity index (χ2v) is 6.03. The number of hydrogen-bond donors (Lipinski definition) is 2. The molecule has 0 aliphatic heterocycles. The Morgan fingerprint density at radius 2 is 1.77 bits per heavy atom. The number of hydrogen-bond acceptors (Lipinski definition) is 3. The molecular formula is C20H26N4O2. The van der Waals surface area contributed by atoms with E-state index in [4.69, 9.17) is 10.5 Å². The van der Waals surface area contributed by atoms with E-state index >= 15 is 0 Å². The van der Waals surface area contributed by atoms with Crippen molar-refractivity contribution in [2.75, 3.05) is 25.1 Å². The predicted molar refractivity (Wildman–Crippen MR) is 105 cm³/mol. The van der Waals surface area contributed by atoms with E-state index < -0.39 is 0 Å². The number of guanidine groups is 1. The number of anilines is 1. The summed E-state index contributed by atoms with van der Waals surface area (Å²) in [5.74, 6) is 0.0800. The van der Waals surface area contributed by atoms with Gasteiger partial charge in [-0.25, -0.2) is 4.79 Å². The van der Waals surface area contributed by atoms with Crippen LogP contribution in [0.4, 0.5) is 10.5 Å². The molecule has 2 rings (SSSR count). The van der Waals surface area contributed by atoms with Gasteiger partial charge >= 0.3 is 6.03 Å². The standard InChI is InChI=1S/C20H26N4O2/c1-15-8-7-9-16(2)18(15)24(3)20(25)23-19(21)22-12-13-26-14-17-10-5-4-6-11-17/h4-11H,12-14H2,1-3H3,(H3,21,22,23,25). The lowest BCUT2D eigenvalue weighted by molar-refractivity contribution is 0.128. The molecule has 0 unspecified atom stereocenters. The number of nitrogens with two attached hydrogens (primary N) is 1. The molecule has 3 N–H and O–H groups in total. The number of benzene rings is 2. The van der Waals surface area contributed by atoms with Crippen LogP contribution in [0.25, 0.3) is 0 Å². The van der Waals surface area contributed by atoms with Crippen molar-refractivity contribution in [1.29, 1.82) is 0 Å². The third kappa shape index (κ3) is 5.60. The fourth-order valence-electron chi connectivity index (χ4n) is 2.66. The van der Waals surface area contributed by atoms with Crippen LogP contribution >= 0.6 is 0 Å². The van der Waals surface area contributed by atoms with E-state index in [-0.39, 0.29) is 12.0 Å². The summed E-state index contributed by atoms with van der Waals surface area (Å²) < 4.78 is 5.54. The minimum Gasteiger partial charge on any atom is -0.375 e. The first-order valence-corrected chi connectivity index (χ1v) is 8.51. The largest absolute Gasteiger partial charge is 0.375 e. The Balaban J connectivity index is 1.79. The number of urea groups is 1. The van der Waals surface area contributed by atoms with Crippen LogP contribution in [0.3, 0.4) is 0 Å². The van der Waals surface area contributed by atoms with E-state index in [1.807, 2.05) is 62.4 Å². The van der Waals surface area contributed by atoms with Crippen LogP contribution in [0.1, 0.15) is 16.7 Å². The van der Waals surface area contributed by atoms with E-state index in [0.29, 0.717) is 19.8 Å². The van der Waals surface area contributed by atoms with Crippen LogP contribution in [0.2, 0.25) is 0 Å². The summed E-state index contributed by atoms with van der Waals surface area (Å²) in [6.45, 7) is 5.27. The lowest BCUT2D eigenvalue weighted by Crippen LogP contribution is -2.45. The maximum absolute atomic E-state index is 12.4. The number of amides is 2. The van der Waals surface area contributed by atoms with Gasteiger partial charge in [0.15, 0.2) is 5.96 Å². The Hall–Kier alpha value is -2.86. The first-order chi connectivity index (χ1) is 12.5. The second-order valence-electron chi connectivity index (χ2n) is 6.03. The Bertz CT molecular complexity index is 739. The Kier molecular flexibility index (Phi) is 7.17. The van der Waals surface area contributed by atoms with Gasteiger partial charge in [-0.3, -0.25) is 15.2 Å². The smallest absolute Gasteiger partial charge is 0.328 e. The summed E-state index contributed by atoms with van der Waals surface area (Å²) in [6.07, 6.45) is 0. The van der Waals surface area contributed by atoms with Crippen LogP contribution in [0, 0.1) is 13.8 Å². The molecule has 0 saturated carbocycles. The first-order valence-electron chi connectivity index (χ1n) is 8.51. The zero-order valence-electron chi connectivity index (χ0n) is 15.5. The molecule has 0 fully saturated rings. The predicted octanol–water partition coefficient (Wildman–Crippen LogP) is 2.98. The van der Waals surface area contributed by atoms with Gasteiger partial charge in [0.25, 0.3) is 0 Å². The number of nitrogens with one attached hydrogen (secondary N) is 1. The lowest BCUT2D eigenvalue weighted by atomic mass is 10.1. The average molecular weight is 354 g/mol. The molecule has 0 atom stereocenters. The first kappa shape index (κ1) is 19.5. The van der Waals surface area contributed by atoms with Crippen molar-refractivity contribution in [3.63, 3.8) is 0 Å². The third-order valence-corrected chi connectivity index (χ3v) is 3.94. The highest BCUT2D eigenvalue weighted by molar-refractivity contribution is 6.03. The summed E-state index contributed by atoms with van der Waals surface area (Å²) in [5.41, 5.74) is 9.81. The van der Waals surface area contributed by atoms with Crippen molar-refractivity contribution < 1.29 is 9.53 Å². The molecule has 138 valence electrons. The minimum atomic E-state index is -0.325. The highest BCUT2D eigenvalue weighted by Gasteiger charge is 2.15. The normalized spacial score (nSPS) is 11.3. The maximum atomic E-state index is 12.4. The fraction of sp³-hybridized carbons (Fsp3) is 0.300. The number of aliphatic imine (C=N–C) groups is 1. The Morgan fingerprint density at radius 1 is 1.12 bits per heavy atom. The van der Waals surface area contributed by atoms with E-state index in [9.17, 15) is 4.79 Å². The number of ether oxygens (including phenoxy) is 1. The maximum Gasteiger partial charge on any atom is 0.328 e. The van der Waals surface area contributed by atoms with Crippen molar-refractivity contribution >= 4 is 17.7 Å². The zero-order chi connectivity index (χ0) is 18.9. The second kappa shape index (κ2) is 9.58. The molecule has 0 saturated heterocycles. The van der Waals surface area contributed by atoms with Crippen LogP contribution in [-0.4, -0.2) is 32.2 Å². The molecule has 0 aliphatic carbocycles. The topological polar surface area (TPSA) is 80.0 Å². The highest BCUT2D eigenvalue weighted by Crippen LogP contribution is 2.23. The van der Waals surface area contributed by atoms with E-state index in [0.717, 1.165) is 22.4 Å². The molecule has 0 spiro atoms. The molecule has 0 aliphatic rings. The number of aryl methyl sites for hydroxylation is 2. The number of carbonyl (C=O) groups excluding carboxylic acids is 1. The monoisotopic (exact) mass is 354 g/mol.